The highest BCUT2D eigenvalue weighted by molar-refractivity contribution is 6.42. The first kappa shape index (κ1) is 21.1. The third-order valence-corrected chi connectivity index (χ3v) is 6.18. The van der Waals surface area contributed by atoms with E-state index in [2.05, 4.69) is 15.2 Å². The lowest BCUT2D eigenvalue weighted by Crippen LogP contribution is -2.26. The van der Waals surface area contributed by atoms with Crippen molar-refractivity contribution in [2.45, 2.75) is 38.5 Å². The summed E-state index contributed by atoms with van der Waals surface area (Å²) in [5, 5.41) is 3.94. The van der Waals surface area contributed by atoms with Gasteiger partial charge in [-0.3, -0.25) is 9.69 Å². The van der Waals surface area contributed by atoms with E-state index < -0.39 is 0 Å². The third kappa shape index (κ3) is 4.85. The van der Waals surface area contributed by atoms with Crippen molar-refractivity contribution in [2.75, 3.05) is 6.79 Å². The van der Waals surface area contributed by atoms with Crippen LogP contribution in [0.15, 0.2) is 47.1 Å². The highest BCUT2D eigenvalue weighted by Crippen LogP contribution is 2.33. The molecule has 166 valence electrons. The van der Waals surface area contributed by atoms with Crippen LogP contribution in [0.25, 0.3) is 0 Å². The molecule has 9 heteroatoms. The number of rotatable bonds is 8. The number of hydrogen-bond donors (Lipinski definition) is 1. The van der Waals surface area contributed by atoms with Crippen LogP contribution in [0, 0.1) is 0 Å². The van der Waals surface area contributed by atoms with E-state index in [-0.39, 0.29) is 24.4 Å². The Morgan fingerprint density at radius 3 is 2.78 bits per heavy atom. The van der Waals surface area contributed by atoms with Crippen LogP contribution in [-0.2, 0) is 19.6 Å². The van der Waals surface area contributed by atoms with E-state index in [4.69, 9.17) is 37.1 Å². The van der Waals surface area contributed by atoms with Crippen LogP contribution in [0.1, 0.15) is 40.3 Å². The monoisotopic (exact) mass is 473 g/mol. The molecule has 5 rings (SSSR count). The van der Waals surface area contributed by atoms with Crippen molar-refractivity contribution in [3.8, 4) is 11.5 Å². The van der Waals surface area contributed by atoms with Gasteiger partial charge in [0.15, 0.2) is 17.2 Å². The Morgan fingerprint density at radius 1 is 1.09 bits per heavy atom. The molecule has 3 aromatic rings. The molecule has 1 fully saturated rings. The van der Waals surface area contributed by atoms with E-state index in [1.807, 2.05) is 30.3 Å². The molecule has 1 aliphatic heterocycles. The number of ether oxygens (including phenoxy) is 2. The van der Waals surface area contributed by atoms with Crippen molar-refractivity contribution in [3.05, 3.63) is 75.4 Å². The molecule has 0 atom stereocenters. The molecule has 0 radical (unpaired) electrons. The highest BCUT2D eigenvalue weighted by Gasteiger charge is 2.25. The van der Waals surface area contributed by atoms with Gasteiger partial charge in [-0.2, -0.15) is 0 Å². The standard InChI is InChI=1S/C23H21Cl2N3O4/c24-17-3-1-2-15(22(17)25)10-28(9-14-4-7-19-20(8-14)32-13-31-19)11-21-27-18(12-30-21)23(29)26-16-5-6-16/h1-4,7-8,12,16H,5-6,9-11,13H2,(H,26,29). The number of carbonyl (C=O) groups is 1. The number of hydrogen-bond acceptors (Lipinski definition) is 6. The van der Waals surface area contributed by atoms with Crippen LogP contribution in [0.5, 0.6) is 11.5 Å². The van der Waals surface area contributed by atoms with Gasteiger partial charge in [0.05, 0.1) is 16.6 Å². The molecule has 2 heterocycles. The predicted molar refractivity (Wildman–Crippen MR) is 119 cm³/mol. The number of amides is 1. The maximum absolute atomic E-state index is 12.3. The summed E-state index contributed by atoms with van der Waals surface area (Å²) in [6, 6.07) is 11.7. The van der Waals surface area contributed by atoms with Gasteiger partial charge in [-0.25, -0.2) is 4.98 Å². The summed E-state index contributed by atoms with van der Waals surface area (Å²) in [5.74, 6) is 1.70. The molecule has 32 heavy (non-hydrogen) atoms. The van der Waals surface area contributed by atoms with Crippen molar-refractivity contribution in [2.24, 2.45) is 0 Å². The van der Waals surface area contributed by atoms with E-state index in [9.17, 15) is 4.79 Å². The normalized spacial score (nSPS) is 14.7. The average molecular weight is 474 g/mol. The summed E-state index contributed by atoms with van der Waals surface area (Å²) in [6.07, 6.45) is 3.43. The number of nitrogens with one attached hydrogen (secondary N) is 1. The van der Waals surface area contributed by atoms with Gasteiger partial charge in [0.1, 0.15) is 6.26 Å². The minimum atomic E-state index is -0.206. The highest BCUT2D eigenvalue weighted by atomic mass is 35.5. The van der Waals surface area contributed by atoms with Crippen LogP contribution in [0.2, 0.25) is 10.0 Å². The van der Waals surface area contributed by atoms with Crippen LogP contribution in [-0.4, -0.2) is 28.6 Å². The SMILES string of the molecule is O=C(NC1CC1)c1coc(CN(Cc2ccc3c(c2)OCO3)Cc2cccc(Cl)c2Cl)n1. The van der Waals surface area contributed by atoms with E-state index >= 15 is 0 Å². The summed E-state index contributed by atoms with van der Waals surface area (Å²) >= 11 is 12.6. The lowest BCUT2D eigenvalue weighted by Gasteiger charge is -2.22. The summed E-state index contributed by atoms with van der Waals surface area (Å²) in [6.45, 7) is 1.70. The Hall–Kier alpha value is -2.74. The minimum absolute atomic E-state index is 0.206. The molecule has 1 N–H and O–H groups in total. The zero-order valence-electron chi connectivity index (χ0n) is 17.1. The van der Waals surface area contributed by atoms with Crippen molar-refractivity contribution >= 4 is 29.1 Å². The van der Waals surface area contributed by atoms with Gasteiger partial charge in [0.2, 0.25) is 12.7 Å². The van der Waals surface area contributed by atoms with E-state index in [1.54, 1.807) is 6.07 Å². The summed E-state index contributed by atoms with van der Waals surface area (Å²) in [7, 11) is 0. The second-order valence-corrected chi connectivity index (χ2v) is 8.71. The maximum atomic E-state index is 12.3. The van der Waals surface area contributed by atoms with E-state index in [0.717, 1.165) is 35.5 Å². The van der Waals surface area contributed by atoms with Crippen LogP contribution >= 0.6 is 23.2 Å². The van der Waals surface area contributed by atoms with Gasteiger partial charge >= 0.3 is 0 Å². The van der Waals surface area contributed by atoms with Crippen molar-refractivity contribution < 1.29 is 18.7 Å². The first-order valence-corrected chi connectivity index (χ1v) is 11.1. The second-order valence-electron chi connectivity index (χ2n) is 7.92. The van der Waals surface area contributed by atoms with Gasteiger partial charge in [0.25, 0.3) is 5.91 Å². The maximum Gasteiger partial charge on any atom is 0.273 e. The zero-order chi connectivity index (χ0) is 22.1. The van der Waals surface area contributed by atoms with E-state index in [1.165, 1.54) is 6.26 Å². The number of nitrogens with zero attached hydrogens (tertiary/aromatic N) is 2. The zero-order valence-corrected chi connectivity index (χ0v) is 18.7. The van der Waals surface area contributed by atoms with E-state index in [0.29, 0.717) is 35.6 Å². The first-order valence-electron chi connectivity index (χ1n) is 10.3. The topological polar surface area (TPSA) is 76.8 Å². The number of aromatic nitrogens is 1. The molecule has 1 aliphatic carbocycles. The molecular formula is C23H21Cl2N3O4. The molecule has 0 spiro atoms. The number of fused-ring (bicyclic) bond motifs is 1. The van der Waals surface area contributed by atoms with Crippen LogP contribution in [0.4, 0.5) is 0 Å². The molecule has 7 nitrogen and oxygen atoms in total. The molecule has 1 aromatic heterocycles. The van der Waals surface area contributed by atoms with Crippen molar-refractivity contribution in [1.29, 1.82) is 0 Å². The largest absolute Gasteiger partial charge is 0.454 e. The van der Waals surface area contributed by atoms with Crippen molar-refractivity contribution in [3.63, 3.8) is 0 Å². The fraction of sp³-hybridized carbons (Fsp3) is 0.304. The Kier molecular flexibility index (Phi) is 5.95. The Balaban J connectivity index is 1.35. The molecule has 0 unspecified atom stereocenters. The average Bonchev–Trinajstić information content (AvgIpc) is 3.26. The smallest absolute Gasteiger partial charge is 0.273 e. The number of carbonyl (C=O) groups excluding carboxylic acids is 1. The van der Waals surface area contributed by atoms with Gasteiger partial charge < -0.3 is 19.2 Å². The Morgan fingerprint density at radius 2 is 1.94 bits per heavy atom. The quantitative estimate of drug-likeness (QED) is 0.505. The minimum Gasteiger partial charge on any atom is -0.454 e. The summed E-state index contributed by atoms with van der Waals surface area (Å²) < 4.78 is 16.5. The fourth-order valence-corrected chi connectivity index (χ4v) is 3.92. The molecule has 1 saturated carbocycles. The van der Waals surface area contributed by atoms with Crippen molar-refractivity contribution in [1.82, 2.24) is 15.2 Å². The van der Waals surface area contributed by atoms with Crippen LogP contribution in [0.3, 0.4) is 0 Å². The summed E-state index contributed by atoms with van der Waals surface area (Å²) in [4.78, 5) is 18.8. The Bertz CT molecular complexity index is 1150. The number of oxazole rings is 1. The molecular weight excluding hydrogens is 453 g/mol. The molecule has 2 aliphatic rings. The fourth-order valence-electron chi connectivity index (χ4n) is 3.54. The third-order valence-electron chi connectivity index (χ3n) is 5.32. The van der Waals surface area contributed by atoms with Gasteiger partial charge in [-0.15, -0.1) is 0 Å². The lowest BCUT2D eigenvalue weighted by molar-refractivity contribution is 0.0946. The molecule has 0 bridgehead atoms. The second kappa shape index (κ2) is 9.02. The Labute approximate surface area is 195 Å². The molecule has 2 aromatic carbocycles. The summed E-state index contributed by atoms with van der Waals surface area (Å²) in [5.41, 5.74) is 2.21. The molecule has 1 amide bonds. The van der Waals surface area contributed by atoms with Gasteiger partial charge in [0, 0.05) is 19.1 Å². The predicted octanol–water partition coefficient (Wildman–Crippen LogP) is 4.80. The first-order chi connectivity index (χ1) is 15.5. The number of halogens is 2. The van der Waals surface area contributed by atoms with Gasteiger partial charge in [-0.1, -0.05) is 41.4 Å². The van der Waals surface area contributed by atoms with Crippen LogP contribution < -0.4 is 14.8 Å². The molecule has 0 saturated heterocycles. The number of benzene rings is 2. The van der Waals surface area contributed by atoms with Gasteiger partial charge in [-0.05, 0) is 42.2 Å². The lowest BCUT2D eigenvalue weighted by atomic mass is 10.1.